The van der Waals surface area contributed by atoms with Crippen molar-refractivity contribution in [3.05, 3.63) is 0 Å². The predicted molar refractivity (Wildman–Crippen MR) is 53.4 cm³/mol. The van der Waals surface area contributed by atoms with Crippen LogP contribution in [-0.2, 0) is 0 Å². The number of rotatable bonds is 2. The molecule has 14 heavy (non-hydrogen) atoms. The van der Waals surface area contributed by atoms with Gasteiger partial charge < -0.3 is 20.4 Å². The maximum Gasteiger partial charge on any atom is 0.0976 e. The van der Waals surface area contributed by atoms with Crippen LogP contribution in [-0.4, -0.2) is 69.9 Å². The molecule has 0 aromatic heterocycles. The Morgan fingerprint density at radius 1 is 1.21 bits per heavy atom. The number of likely N-dealkylation sites (tertiary alicyclic amines) is 1. The van der Waals surface area contributed by atoms with Gasteiger partial charge in [-0.1, -0.05) is 0 Å². The molecule has 0 aromatic carbocycles. The van der Waals surface area contributed by atoms with Crippen molar-refractivity contribution in [2.45, 2.75) is 30.7 Å². The molecular weight excluding hydrogens is 210 g/mol. The van der Waals surface area contributed by atoms with Gasteiger partial charge in [-0.15, -0.1) is 12.4 Å². The molecule has 0 saturated carbocycles. The summed E-state index contributed by atoms with van der Waals surface area (Å²) in [5, 5.41) is 36.8. The smallest absolute Gasteiger partial charge is 0.0976 e. The normalized spacial score (nSPS) is 39.2. The molecule has 1 rings (SSSR count). The van der Waals surface area contributed by atoms with Gasteiger partial charge in [-0.25, -0.2) is 0 Å². The molecule has 1 heterocycles. The number of aliphatic hydroxyl groups excluding tert-OH is 4. The summed E-state index contributed by atoms with van der Waals surface area (Å²) in [6.45, 7) is -0.290. The second kappa shape index (κ2) is 5.85. The standard InChI is InChI=1S/C8H17NO4.ClH/c1-9-5(3-10)2-7(12)8(13)6(9)4-11;/h5-8,10-13H,2-4H2,1H3;1H/t5-,6-,7+,8-;/m1./s1. The predicted octanol–water partition coefficient (Wildman–Crippen LogP) is -1.81. The molecule has 0 radical (unpaired) electrons. The van der Waals surface area contributed by atoms with E-state index in [0.717, 1.165) is 0 Å². The lowest BCUT2D eigenvalue weighted by atomic mass is 9.92. The molecular formula is C8H18ClNO4. The van der Waals surface area contributed by atoms with Crippen LogP contribution in [0.1, 0.15) is 6.42 Å². The number of hydrogen-bond donors (Lipinski definition) is 4. The van der Waals surface area contributed by atoms with Crippen LogP contribution >= 0.6 is 12.4 Å². The van der Waals surface area contributed by atoms with Crippen molar-refractivity contribution in [2.75, 3.05) is 20.3 Å². The molecule has 4 N–H and O–H groups in total. The van der Waals surface area contributed by atoms with Gasteiger partial charge in [0.25, 0.3) is 0 Å². The SMILES string of the molecule is CN1[C@@H](CO)C[C@H](O)[C@H](O)[C@H]1CO.Cl. The van der Waals surface area contributed by atoms with Gasteiger partial charge in [-0.05, 0) is 13.5 Å². The molecule has 1 aliphatic rings. The van der Waals surface area contributed by atoms with E-state index in [1.54, 1.807) is 11.9 Å². The van der Waals surface area contributed by atoms with E-state index in [1.807, 2.05) is 0 Å². The van der Waals surface area contributed by atoms with Gasteiger partial charge in [0.1, 0.15) is 0 Å². The molecule has 0 unspecified atom stereocenters. The minimum atomic E-state index is -0.933. The van der Waals surface area contributed by atoms with Crippen LogP contribution in [0.2, 0.25) is 0 Å². The van der Waals surface area contributed by atoms with Crippen LogP contribution < -0.4 is 0 Å². The van der Waals surface area contributed by atoms with Crippen LogP contribution in [0.4, 0.5) is 0 Å². The van der Waals surface area contributed by atoms with E-state index in [2.05, 4.69) is 0 Å². The van der Waals surface area contributed by atoms with Crippen LogP contribution in [0.3, 0.4) is 0 Å². The third-order valence-corrected chi connectivity index (χ3v) is 2.80. The average Bonchev–Trinajstić information content (AvgIpc) is 2.12. The molecule has 4 atom stereocenters. The Morgan fingerprint density at radius 2 is 1.79 bits per heavy atom. The lowest BCUT2D eigenvalue weighted by Crippen LogP contribution is -2.59. The molecule has 6 heteroatoms. The molecule has 0 amide bonds. The summed E-state index contributed by atoms with van der Waals surface area (Å²) >= 11 is 0. The average molecular weight is 228 g/mol. The van der Waals surface area contributed by atoms with E-state index in [1.165, 1.54) is 0 Å². The molecule has 0 aliphatic carbocycles. The molecule has 0 spiro atoms. The first-order valence-electron chi connectivity index (χ1n) is 4.41. The lowest BCUT2D eigenvalue weighted by molar-refractivity contribution is -0.110. The van der Waals surface area contributed by atoms with E-state index >= 15 is 0 Å². The maximum absolute atomic E-state index is 9.49. The van der Waals surface area contributed by atoms with Gasteiger partial charge in [0.05, 0.1) is 31.5 Å². The van der Waals surface area contributed by atoms with Crippen molar-refractivity contribution in [1.82, 2.24) is 4.90 Å². The quantitative estimate of drug-likeness (QED) is 0.447. The molecule has 1 fully saturated rings. The lowest BCUT2D eigenvalue weighted by Gasteiger charge is -2.43. The molecule has 0 bridgehead atoms. The second-order valence-electron chi connectivity index (χ2n) is 3.55. The zero-order chi connectivity index (χ0) is 10.0. The third-order valence-electron chi connectivity index (χ3n) is 2.80. The fraction of sp³-hybridized carbons (Fsp3) is 1.00. The van der Waals surface area contributed by atoms with Crippen molar-refractivity contribution in [1.29, 1.82) is 0 Å². The van der Waals surface area contributed by atoms with Crippen LogP contribution in [0.25, 0.3) is 0 Å². The largest absolute Gasteiger partial charge is 0.395 e. The summed E-state index contributed by atoms with van der Waals surface area (Å²) in [6.07, 6.45) is -1.45. The number of hydrogen-bond acceptors (Lipinski definition) is 5. The number of aliphatic hydroxyl groups is 4. The van der Waals surface area contributed by atoms with E-state index in [4.69, 9.17) is 10.2 Å². The number of halogens is 1. The summed E-state index contributed by atoms with van der Waals surface area (Å²) in [5.41, 5.74) is 0. The van der Waals surface area contributed by atoms with Gasteiger partial charge in [0.15, 0.2) is 0 Å². The van der Waals surface area contributed by atoms with Gasteiger partial charge in [0.2, 0.25) is 0 Å². The zero-order valence-corrected chi connectivity index (χ0v) is 8.89. The van der Waals surface area contributed by atoms with E-state index in [-0.39, 0.29) is 31.7 Å². The minimum absolute atomic E-state index is 0. The highest BCUT2D eigenvalue weighted by Crippen LogP contribution is 2.21. The van der Waals surface area contributed by atoms with Crippen LogP contribution in [0, 0.1) is 0 Å². The summed E-state index contributed by atoms with van der Waals surface area (Å²) in [7, 11) is 1.72. The van der Waals surface area contributed by atoms with Gasteiger partial charge in [-0.3, -0.25) is 4.90 Å². The Bertz CT molecular complexity index is 171. The molecule has 86 valence electrons. The van der Waals surface area contributed by atoms with Crippen molar-refractivity contribution in [3.8, 4) is 0 Å². The number of piperidine rings is 1. The summed E-state index contributed by atoms with van der Waals surface area (Å²) in [4.78, 5) is 1.71. The first-order valence-corrected chi connectivity index (χ1v) is 4.41. The van der Waals surface area contributed by atoms with E-state index in [0.29, 0.717) is 6.42 Å². The topological polar surface area (TPSA) is 84.2 Å². The van der Waals surface area contributed by atoms with Crippen molar-refractivity contribution >= 4 is 12.4 Å². The molecule has 5 nitrogen and oxygen atoms in total. The van der Waals surface area contributed by atoms with Gasteiger partial charge in [0, 0.05) is 6.04 Å². The molecule has 1 aliphatic heterocycles. The molecule has 1 saturated heterocycles. The Labute approximate surface area is 89.4 Å². The molecule has 0 aromatic rings. The minimum Gasteiger partial charge on any atom is -0.395 e. The Kier molecular flexibility index (Phi) is 5.88. The van der Waals surface area contributed by atoms with Gasteiger partial charge >= 0.3 is 0 Å². The Hall–Kier alpha value is 0.0900. The highest BCUT2D eigenvalue weighted by molar-refractivity contribution is 5.85. The third kappa shape index (κ3) is 2.56. The maximum atomic E-state index is 9.49. The first kappa shape index (κ1) is 14.1. The van der Waals surface area contributed by atoms with E-state index in [9.17, 15) is 10.2 Å². The van der Waals surface area contributed by atoms with Crippen LogP contribution in [0.5, 0.6) is 0 Å². The highest BCUT2D eigenvalue weighted by Gasteiger charge is 2.38. The van der Waals surface area contributed by atoms with Gasteiger partial charge in [-0.2, -0.15) is 0 Å². The van der Waals surface area contributed by atoms with Crippen molar-refractivity contribution in [3.63, 3.8) is 0 Å². The highest BCUT2D eigenvalue weighted by atomic mass is 35.5. The number of nitrogens with zero attached hydrogens (tertiary/aromatic N) is 1. The fourth-order valence-electron chi connectivity index (χ4n) is 1.79. The monoisotopic (exact) mass is 227 g/mol. The fourth-order valence-corrected chi connectivity index (χ4v) is 1.79. The summed E-state index contributed by atoms with van der Waals surface area (Å²) < 4.78 is 0. The van der Waals surface area contributed by atoms with E-state index < -0.39 is 18.2 Å². The van der Waals surface area contributed by atoms with Crippen LogP contribution in [0.15, 0.2) is 0 Å². The zero-order valence-electron chi connectivity index (χ0n) is 8.08. The first-order chi connectivity index (χ1) is 6.11. The number of likely N-dealkylation sites (N-methyl/N-ethyl adjacent to an activating group) is 1. The van der Waals surface area contributed by atoms with Crippen molar-refractivity contribution < 1.29 is 20.4 Å². The Morgan fingerprint density at radius 3 is 2.21 bits per heavy atom. The summed E-state index contributed by atoms with van der Waals surface area (Å²) in [5.74, 6) is 0. The van der Waals surface area contributed by atoms with Crippen molar-refractivity contribution in [2.24, 2.45) is 0 Å². The summed E-state index contributed by atoms with van der Waals surface area (Å²) in [6, 6.07) is -0.670. The second-order valence-corrected chi connectivity index (χ2v) is 3.55. The Balaban J connectivity index is 0.00000169.